The smallest absolute Gasteiger partial charge is 0.0702 e. The van der Waals surface area contributed by atoms with E-state index in [1.54, 1.807) is 0 Å². The van der Waals surface area contributed by atoms with Gasteiger partial charge in [-0.25, -0.2) is 0 Å². The summed E-state index contributed by atoms with van der Waals surface area (Å²) in [5, 5.41) is 4.98. The van der Waals surface area contributed by atoms with Crippen LogP contribution in [0.1, 0.15) is 44.7 Å². The number of fused-ring (bicyclic) bond motifs is 1. The maximum Gasteiger partial charge on any atom is 0.0702 e. The Balaban J connectivity index is 1.90. The van der Waals surface area contributed by atoms with Gasteiger partial charge in [0.15, 0.2) is 0 Å². The van der Waals surface area contributed by atoms with Crippen molar-refractivity contribution in [3.63, 3.8) is 0 Å². The van der Waals surface area contributed by atoms with Crippen LogP contribution in [0.2, 0.25) is 0 Å². The average Bonchev–Trinajstić information content (AvgIpc) is 3.32. The molecule has 1 saturated carbocycles. The zero-order valence-corrected chi connectivity index (χ0v) is 12.5. The topological polar surface area (TPSA) is 24.9 Å². The minimum absolute atomic E-state index is 0.444. The first-order chi connectivity index (χ1) is 9.79. The average molecular weight is 268 g/mol. The molecule has 106 valence electrons. The van der Waals surface area contributed by atoms with Gasteiger partial charge >= 0.3 is 0 Å². The van der Waals surface area contributed by atoms with Crippen LogP contribution >= 0.6 is 0 Å². The molecule has 1 aliphatic carbocycles. The standard InChI is InChI=1S/C18H24N2/c1-3-10-19-18(13(2)14-8-9-14)16-11-15-6-4-5-7-17(15)20-12-16/h4-7,11-14,18-19H,3,8-10H2,1-2H3. The van der Waals surface area contributed by atoms with Gasteiger partial charge in [-0.15, -0.1) is 0 Å². The quantitative estimate of drug-likeness (QED) is 0.844. The summed E-state index contributed by atoms with van der Waals surface area (Å²) in [7, 11) is 0. The fourth-order valence-electron chi connectivity index (χ4n) is 3.06. The van der Waals surface area contributed by atoms with Crippen molar-refractivity contribution in [3.05, 3.63) is 42.1 Å². The molecule has 3 rings (SSSR count). The number of pyridine rings is 1. The highest BCUT2D eigenvalue weighted by molar-refractivity contribution is 5.78. The lowest BCUT2D eigenvalue weighted by molar-refractivity contribution is 0.349. The molecule has 0 radical (unpaired) electrons. The summed E-state index contributed by atoms with van der Waals surface area (Å²) in [6, 6.07) is 11.1. The van der Waals surface area contributed by atoms with E-state index in [0.29, 0.717) is 12.0 Å². The van der Waals surface area contributed by atoms with Crippen molar-refractivity contribution < 1.29 is 0 Å². The number of rotatable bonds is 6. The fraction of sp³-hybridized carbons (Fsp3) is 0.500. The van der Waals surface area contributed by atoms with Gasteiger partial charge in [-0.1, -0.05) is 32.0 Å². The number of hydrogen-bond acceptors (Lipinski definition) is 2. The van der Waals surface area contributed by atoms with Crippen molar-refractivity contribution in [2.24, 2.45) is 11.8 Å². The molecule has 0 bridgehead atoms. The van der Waals surface area contributed by atoms with Gasteiger partial charge in [0.05, 0.1) is 5.52 Å². The molecule has 1 N–H and O–H groups in total. The van der Waals surface area contributed by atoms with Crippen molar-refractivity contribution in [3.8, 4) is 0 Å². The molecule has 1 aliphatic rings. The highest BCUT2D eigenvalue weighted by Gasteiger charge is 2.33. The Morgan fingerprint density at radius 3 is 2.85 bits per heavy atom. The lowest BCUT2D eigenvalue weighted by atomic mass is 9.91. The third-order valence-electron chi connectivity index (χ3n) is 4.48. The molecule has 0 aliphatic heterocycles. The van der Waals surface area contributed by atoms with Gasteiger partial charge in [-0.05, 0) is 55.3 Å². The van der Waals surface area contributed by atoms with Gasteiger partial charge < -0.3 is 5.32 Å². The van der Waals surface area contributed by atoms with E-state index in [4.69, 9.17) is 0 Å². The van der Waals surface area contributed by atoms with Crippen LogP contribution < -0.4 is 5.32 Å². The molecular formula is C18H24N2. The zero-order chi connectivity index (χ0) is 13.9. The van der Waals surface area contributed by atoms with E-state index < -0.39 is 0 Å². The number of benzene rings is 1. The Morgan fingerprint density at radius 2 is 2.10 bits per heavy atom. The summed E-state index contributed by atoms with van der Waals surface area (Å²) < 4.78 is 0. The second-order valence-electron chi connectivity index (χ2n) is 6.09. The summed E-state index contributed by atoms with van der Waals surface area (Å²) in [6.45, 7) is 5.69. The third kappa shape index (κ3) is 2.85. The van der Waals surface area contributed by atoms with E-state index in [-0.39, 0.29) is 0 Å². The lowest BCUT2D eigenvalue weighted by Gasteiger charge is -2.25. The molecule has 2 unspecified atom stereocenters. The molecular weight excluding hydrogens is 244 g/mol. The van der Waals surface area contributed by atoms with Crippen LogP contribution in [0.25, 0.3) is 10.9 Å². The van der Waals surface area contributed by atoms with Crippen molar-refractivity contribution in [1.82, 2.24) is 10.3 Å². The number of aromatic nitrogens is 1. The number of nitrogens with zero attached hydrogens (tertiary/aromatic N) is 1. The second kappa shape index (κ2) is 5.92. The first-order valence-electron chi connectivity index (χ1n) is 7.87. The maximum absolute atomic E-state index is 4.63. The van der Waals surface area contributed by atoms with Gasteiger partial charge in [-0.3, -0.25) is 4.98 Å². The molecule has 2 nitrogen and oxygen atoms in total. The van der Waals surface area contributed by atoms with E-state index in [2.05, 4.69) is 60.7 Å². The largest absolute Gasteiger partial charge is 0.310 e. The monoisotopic (exact) mass is 268 g/mol. The van der Waals surface area contributed by atoms with E-state index in [1.165, 1.54) is 30.2 Å². The third-order valence-corrected chi connectivity index (χ3v) is 4.48. The van der Waals surface area contributed by atoms with Crippen molar-refractivity contribution in [2.45, 2.75) is 39.2 Å². The van der Waals surface area contributed by atoms with Crippen molar-refractivity contribution in [1.29, 1.82) is 0 Å². The van der Waals surface area contributed by atoms with E-state index in [9.17, 15) is 0 Å². The van der Waals surface area contributed by atoms with Gasteiger partial charge in [0.25, 0.3) is 0 Å². The Hall–Kier alpha value is -1.41. The summed E-state index contributed by atoms with van der Waals surface area (Å²) >= 11 is 0. The predicted molar refractivity (Wildman–Crippen MR) is 84.7 cm³/mol. The van der Waals surface area contributed by atoms with Crippen LogP contribution in [0.3, 0.4) is 0 Å². The Morgan fingerprint density at radius 1 is 1.30 bits per heavy atom. The molecule has 1 aromatic carbocycles. The molecule has 0 saturated heterocycles. The van der Waals surface area contributed by atoms with Crippen molar-refractivity contribution in [2.75, 3.05) is 6.54 Å². The molecule has 1 fully saturated rings. The number of hydrogen-bond donors (Lipinski definition) is 1. The molecule has 0 amide bonds. The Bertz CT molecular complexity index is 574. The van der Waals surface area contributed by atoms with Crippen LogP contribution in [0.4, 0.5) is 0 Å². The van der Waals surface area contributed by atoms with Gasteiger partial charge in [0.2, 0.25) is 0 Å². The molecule has 1 aromatic heterocycles. The van der Waals surface area contributed by atoms with Gasteiger partial charge in [-0.2, -0.15) is 0 Å². The van der Waals surface area contributed by atoms with E-state index in [1.807, 2.05) is 0 Å². The Labute approximate surface area is 121 Å². The first-order valence-corrected chi connectivity index (χ1v) is 7.87. The predicted octanol–water partition coefficient (Wildman–Crippen LogP) is 4.32. The first kappa shape index (κ1) is 13.6. The minimum atomic E-state index is 0.444. The molecule has 2 aromatic rings. The van der Waals surface area contributed by atoms with Crippen LogP contribution in [-0.4, -0.2) is 11.5 Å². The SMILES string of the molecule is CCCNC(c1cnc2ccccc2c1)C(C)C1CC1. The van der Waals surface area contributed by atoms with Crippen LogP contribution in [-0.2, 0) is 0 Å². The lowest BCUT2D eigenvalue weighted by Crippen LogP contribution is -2.28. The zero-order valence-electron chi connectivity index (χ0n) is 12.5. The maximum atomic E-state index is 4.63. The second-order valence-corrected chi connectivity index (χ2v) is 6.09. The molecule has 20 heavy (non-hydrogen) atoms. The van der Waals surface area contributed by atoms with Crippen LogP contribution in [0, 0.1) is 11.8 Å². The molecule has 1 heterocycles. The van der Waals surface area contributed by atoms with E-state index in [0.717, 1.165) is 18.0 Å². The minimum Gasteiger partial charge on any atom is -0.310 e. The summed E-state index contributed by atoms with van der Waals surface area (Å²) in [4.78, 5) is 4.63. The molecule has 0 spiro atoms. The fourth-order valence-corrected chi connectivity index (χ4v) is 3.06. The summed E-state index contributed by atoms with van der Waals surface area (Å²) in [5.41, 5.74) is 2.43. The van der Waals surface area contributed by atoms with Crippen molar-refractivity contribution >= 4 is 10.9 Å². The normalized spacial score (nSPS) is 18.1. The number of para-hydroxylation sites is 1. The molecule has 2 atom stereocenters. The van der Waals surface area contributed by atoms with E-state index >= 15 is 0 Å². The highest BCUT2D eigenvalue weighted by Crippen LogP contribution is 2.42. The van der Waals surface area contributed by atoms with Gasteiger partial charge in [0.1, 0.15) is 0 Å². The summed E-state index contributed by atoms with van der Waals surface area (Å²) in [6.07, 6.45) is 6.03. The summed E-state index contributed by atoms with van der Waals surface area (Å²) in [5.74, 6) is 1.60. The van der Waals surface area contributed by atoms with Crippen LogP contribution in [0.15, 0.2) is 36.5 Å². The van der Waals surface area contributed by atoms with Gasteiger partial charge in [0, 0.05) is 17.6 Å². The Kier molecular flexibility index (Phi) is 4.02. The number of nitrogens with one attached hydrogen (secondary N) is 1. The molecule has 2 heteroatoms. The van der Waals surface area contributed by atoms with Crippen LogP contribution in [0.5, 0.6) is 0 Å². The highest BCUT2D eigenvalue weighted by atomic mass is 14.9.